The van der Waals surface area contributed by atoms with Crippen LogP contribution in [0.5, 0.6) is 5.75 Å². The second kappa shape index (κ2) is 12.3. The van der Waals surface area contributed by atoms with Crippen molar-refractivity contribution in [1.29, 1.82) is 15.8 Å². The summed E-state index contributed by atoms with van der Waals surface area (Å²) in [6, 6.07) is 12.0. The third kappa shape index (κ3) is 7.01. The molecule has 0 aromatic heterocycles. The lowest BCUT2D eigenvalue weighted by Crippen LogP contribution is -3.00. The van der Waals surface area contributed by atoms with E-state index in [4.69, 9.17) is 20.5 Å². The number of ketones is 1. The molecular formula is C19H23ClN3O2P. The van der Waals surface area contributed by atoms with Gasteiger partial charge >= 0.3 is 0 Å². The summed E-state index contributed by atoms with van der Waals surface area (Å²) in [5, 5.41) is 27.1. The van der Waals surface area contributed by atoms with Gasteiger partial charge in [-0.3, -0.25) is 4.79 Å². The van der Waals surface area contributed by atoms with Crippen LogP contribution in [-0.2, 0) is 6.16 Å². The van der Waals surface area contributed by atoms with E-state index in [0.29, 0.717) is 36.7 Å². The van der Waals surface area contributed by atoms with Gasteiger partial charge in [0.25, 0.3) is 0 Å². The van der Waals surface area contributed by atoms with Crippen LogP contribution in [-0.4, -0.2) is 31.4 Å². The summed E-state index contributed by atoms with van der Waals surface area (Å²) in [5.41, 5.74) is 1.55. The Morgan fingerprint density at radius 2 is 1.54 bits per heavy atom. The summed E-state index contributed by atoms with van der Waals surface area (Å²) in [5.74, 6) is 0.694. The van der Waals surface area contributed by atoms with Crippen LogP contribution in [0.25, 0.3) is 0 Å². The topological polar surface area (TPSA) is 97.7 Å². The van der Waals surface area contributed by atoms with Gasteiger partial charge in [0.15, 0.2) is 5.78 Å². The maximum absolute atomic E-state index is 11.7. The van der Waals surface area contributed by atoms with E-state index in [9.17, 15) is 4.79 Å². The quantitative estimate of drug-likeness (QED) is 0.440. The smallest absolute Gasteiger partial charge is 0.159 e. The van der Waals surface area contributed by atoms with Gasteiger partial charge in [0.05, 0.1) is 69.2 Å². The van der Waals surface area contributed by atoms with Crippen LogP contribution in [0, 0.1) is 34.0 Å². The molecule has 0 saturated carbocycles. The lowest BCUT2D eigenvalue weighted by atomic mass is 10.1. The van der Waals surface area contributed by atoms with Crippen molar-refractivity contribution in [1.82, 2.24) is 0 Å². The first-order valence-electron chi connectivity index (χ1n) is 8.15. The fourth-order valence-corrected chi connectivity index (χ4v) is 6.75. The number of hydrogen-bond donors (Lipinski definition) is 0. The number of methoxy groups -OCH3 is 1. The average Bonchev–Trinajstić information content (AvgIpc) is 2.62. The van der Waals surface area contributed by atoms with Crippen molar-refractivity contribution in [2.45, 2.75) is 32.3 Å². The minimum absolute atomic E-state index is 0. The van der Waals surface area contributed by atoms with Crippen LogP contribution in [0.2, 0.25) is 0 Å². The van der Waals surface area contributed by atoms with Crippen LogP contribution >= 0.6 is 7.26 Å². The Hall–Kier alpha value is -2.12. The van der Waals surface area contributed by atoms with Gasteiger partial charge in [-0.05, 0) is 25.1 Å². The molecule has 1 rings (SSSR count). The van der Waals surface area contributed by atoms with E-state index in [2.05, 4.69) is 18.2 Å². The SMILES string of the molecule is COc1ccc(C(C)=O)cc1C[P+](CCC#N)(CCC#N)CCC#N.[Cl-]. The van der Waals surface area contributed by atoms with Gasteiger partial charge in [-0.1, -0.05) is 0 Å². The molecule has 0 fully saturated rings. The molecule has 0 bridgehead atoms. The van der Waals surface area contributed by atoms with E-state index < -0.39 is 7.26 Å². The zero-order valence-corrected chi connectivity index (χ0v) is 16.8. The highest BCUT2D eigenvalue weighted by Crippen LogP contribution is 2.63. The zero-order chi connectivity index (χ0) is 18.7. The molecule has 5 nitrogen and oxygen atoms in total. The van der Waals surface area contributed by atoms with E-state index in [1.54, 1.807) is 19.2 Å². The average molecular weight is 392 g/mol. The minimum atomic E-state index is -1.72. The third-order valence-electron chi connectivity index (χ3n) is 4.29. The molecule has 0 heterocycles. The molecule has 26 heavy (non-hydrogen) atoms. The van der Waals surface area contributed by atoms with Crippen molar-refractivity contribution in [3.63, 3.8) is 0 Å². The Morgan fingerprint density at radius 1 is 1.04 bits per heavy atom. The first kappa shape index (κ1) is 23.9. The fraction of sp³-hybridized carbons (Fsp3) is 0.474. The van der Waals surface area contributed by atoms with Gasteiger partial charge in [0.1, 0.15) is 5.75 Å². The zero-order valence-electron chi connectivity index (χ0n) is 15.2. The number of ether oxygens (including phenoxy) is 1. The molecule has 138 valence electrons. The summed E-state index contributed by atoms with van der Waals surface area (Å²) >= 11 is 0. The predicted molar refractivity (Wildman–Crippen MR) is 98.9 cm³/mol. The van der Waals surface area contributed by atoms with Crippen molar-refractivity contribution in [3.05, 3.63) is 29.3 Å². The molecule has 0 amide bonds. The highest BCUT2D eigenvalue weighted by atomic mass is 35.5. The fourth-order valence-electron chi connectivity index (χ4n) is 2.92. The highest BCUT2D eigenvalue weighted by Gasteiger charge is 2.37. The second-order valence-corrected chi connectivity index (χ2v) is 10.3. The van der Waals surface area contributed by atoms with E-state index in [-0.39, 0.29) is 18.2 Å². The van der Waals surface area contributed by atoms with Gasteiger partial charge in [-0.15, -0.1) is 0 Å². The van der Waals surface area contributed by atoms with Crippen LogP contribution in [0.15, 0.2) is 18.2 Å². The molecule has 0 aliphatic carbocycles. The maximum Gasteiger partial charge on any atom is 0.159 e. The van der Waals surface area contributed by atoms with E-state index >= 15 is 0 Å². The Kier molecular flexibility index (Phi) is 11.3. The van der Waals surface area contributed by atoms with Crippen LogP contribution in [0.1, 0.15) is 42.1 Å². The van der Waals surface area contributed by atoms with Crippen LogP contribution in [0.3, 0.4) is 0 Å². The summed E-state index contributed by atoms with van der Waals surface area (Å²) < 4.78 is 5.45. The van der Waals surface area contributed by atoms with Crippen molar-refractivity contribution < 1.29 is 21.9 Å². The Labute approximate surface area is 162 Å². The van der Waals surface area contributed by atoms with Gasteiger partial charge in [-0.25, -0.2) is 0 Å². The lowest BCUT2D eigenvalue weighted by molar-refractivity contribution is -0.0000143. The number of carbonyl (C=O) groups excluding carboxylic acids is 1. The predicted octanol–water partition coefficient (Wildman–Crippen LogP) is 1.16. The second-order valence-electron chi connectivity index (χ2n) is 5.98. The molecule has 0 unspecified atom stereocenters. The summed E-state index contributed by atoms with van der Waals surface area (Å²) in [4.78, 5) is 11.7. The normalized spacial score (nSPS) is 9.96. The lowest BCUT2D eigenvalue weighted by Gasteiger charge is -2.26. The first-order chi connectivity index (χ1) is 12.0. The largest absolute Gasteiger partial charge is 1.00 e. The number of hydrogen-bond acceptors (Lipinski definition) is 5. The molecule has 0 aliphatic rings. The highest BCUT2D eigenvalue weighted by molar-refractivity contribution is 7.75. The third-order valence-corrected chi connectivity index (χ3v) is 8.81. The van der Waals surface area contributed by atoms with Crippen molar-refractivity contribution >= 4 is 13.0 Å². The van der Waals surface area contributed by atoms with E-state index in [1.807, 2.05) is 6.07 Å². The molecule has 0 saturated heterocycles. The van der Waals surface area contributed by atoms with Crippen molar-refractivity contribution in [3.8, 4) is 24.0 Å². The Balaban J connectivity index is 0.00000625. The number of nitriles is 3. The molecule has 0 aliphatic heterocycles. The summed E-state index contributed by atoms with van der Waals surface area (Å²) in [6.45, 7) is 1.52. The van der Waals surface area contributed by atoms with Gasteiger partial charge in [-0.2, -0.15) is 15.8 Å². The van der Waals surface area contributed by atoms with Gasteiger partial charge in [0, 0.05) is 18.4 Å². The number of halogens is 1. The van der Waals surface area contributed by atoms with Crippen LogP contribution < -0.4 is 17.1 Å². The molecule has 0 atom stereocenters. The number of rotatable bonds is 10. The van der Waals surface area contributed by atoms with E-state index in [1.165, 1.54) is 6.92 Å². The molecule has 0 radical (unpaired) electrons. The molecular weight excluding hydrogens is 369 g/mol. The number of carbonyl (C=O) groups is 1. The molecule has 1 aromatic carbocycles. The summed E-state index contributed by atoms with van der Waals surface area (Å²) in [6.07, 6.45) is 4.10. The number of Topliss-reactive ketones (excluding diaryl/α,β-unsaturated/α-hetero) is 1. The van der Waals surface area contributed by atoms with Gasteiger partial charge in [0.2, 0.25) is 0 Å². The number of benzene rings is 1. The molecule has 0 N–H and O–H groups in total. The maximum atomic E-state index is 11.7. The van der Waals surface area contributed by atoms with Crippen LogP contribution in [0.4, 0.5) is 0 Å². The van der Waals surface area contributed by atoms with Crippen molar-refractivity contribution in [2.24, 2.45) is 0 Å². The molecule has 0 spiro atoms. The standard InChI is InChI=1S/C19H23N3O2P.ClH/c1-16(23)17-6-7-19(24-2)18(14-17)15-25(11-3-8-20,12-4-9-21)13-5-10-22;/h6-7,14H,3-5,11-13,15H2,1-2H3;1H/q+1;/p-1. The monoisotopic (exact) mass is 391 g/mol. The minimum Gasteiger partial charge on any atom is -1.00 e. The Morgan fingerprint density at radius 3 is 1.92 bits per heavy atom. The Bertz CT molecular complexity index is 686. The molecule has 1 aromatic rings. The van der Waals surface area contributed by atoms with Crippen molar-refractivity contribution in [2.75, 3.05) is 25.6 Å². The summed E-state index contributed by atoms with van der Waals surface area (Å²) in [7, 11) is -0.127. The van der Waals surface area contributed by atoms with Gasteiger partial charge < -0.3 is 17.1 Å². The number of nitrogens with zero attached hydrogens (tertiary/aromatic N) is 3. The first-order valence-corrected chi connectivity index (χ1v) is 10.7. The van der Waals surface area contributed by atoms with E-state index in [0.717, 1.165) is 24.0 Å². The molecule has 7 heteroatoms.